The molecule has 0 atom stereocenters. The predicted molar refractivity (Wildman–Crippen MR) is 95.8 cm³/mol. The Morgan fingerprint density at radius 2 is 1.67 bits per heavy atom. The first-order valence-electron chi connectivity index (χ1n) is 8.26. The van der Waals surface area contributed by atoms with Crippen molar-refractivity contribution < 1.29 is 0 Å². The van der Waals surface area contributed by atoms with Crippen LogP contribution >= 0.6 is 15.9 Å². The highest BCUT2D eigenvalue weighted by molar-refractivity contribution is 9.10. The van der Waals surface area contributed by atoms with E-state index in [0.717, 1.165) is 6.54 Å². The maximum atomic E-state index is 3.78. The second kappa shape index (κ2) is 6.04. The van der Waals surface area contributed by atoms with Gasteiger partial charge in [0.15, 0.2) is 0 Å². The molecule has 0 aromatic heterocycles. The second-order valence-electron chi connectivity index (χ2n) is 7.92. The Kier molecular flexibility index (Phi) is 4.90. The van der Waals surface area contributed by atoms with Gasteiger partial charge in [0, 0.05) is 22.0 Å². The fourth-order valence-corrected chi connectivity index (χ4v) is 4.58. The molecule has 0 aliphatic heterocycles. The van der Waals surface area contributed by atoms with E-state index in [1.165, 1.54) is 35.7 Å². The van der Waals surface area contributed by atoms with Crippen LogP contribution < -0.4 is 5.32 Å². The molecular weight excluding hydrogens is 322 g/mol. The fourth-order valence-electron chi connectivity index (χ4n) is 3.87. The predicted octanol–water partition coefficient (Wildman–Crippen LogP) is 5.68. The molecule has 21 heavy (non-hydrogen) atoms. The van der Waals surface area contributed by atoms with E-state index in [9.17, 15) is 0 Å². The van der Waals surface area contributed by atoms with Crippen LogP contribution in [0.2, 0.25) is 0 Å². The minimum atomic E-state index is 0.172. The van der Waals surface area contributed by atoms with Gasteiger partial charge in [-0.15, -0.1) is 0 Å². The standard InChI is InChI=1S/C19H30BrN/c1-6-18(7-2)12-19(13-18,14-21-17(3,4)5)15-10-8-9-11-16(15)20/h8-11,21H,6-7,12-14H2,1-5H3. The molecule has 2 heteroatoms. The lowest BCUT2D eigenvalue weighted by molar-refractivity contribution is 0.00900. The molecule has 118 valence electrons. The largest absolute Gasteiger partial charge is 0.311 e. The zero-order valence-corrected chi connectivity index (χ0v) is 15.8. The maximum absolute atomic E-state index is 3.78. The van der Waals surface area contributed by atoms with Gasteiger partial charge in [-0.2, -0.15) is 0 Å². The van der Waals surface area contributed by atoms with Gasteiger partial charge in [-0.1, -0.05) is 60.8 Å². The smallest absolute Gasteiger partial charge is 0.0213 e. The van der Waals surface area contributed by atoms with Crippen molar-refractivity contribution >= 4 is 15.9 Å². The summed E-state index contributed by atoms with van der Waals surface area (Å²) in [4.78, 5) is 0. The van der Waals surface area contributed by atoms with E-state index < -0.39 is 0 Å². The van der Waals surface area contributed by atoms with Crippen molar-refractivity contribution in [1.29, 1.82) is 0 Å². The van der Waals surface area contributed by atoms with Gasteiger partial charge in [-0.3, -0.25) is 0 Å². The molecule has 0 radical (unpaired) electrons. The fraction of sp³-hybridized carbons (Fsp3) is 0.684. The quantitative estimate of drug-likeness (QED) is 0.719. The van der Waals surface area contributed by atoms with Crippen LogP contribution in [0.3, 0.4) is 0 Å². The van der Waals surface area contributed by atoms with Gasteiger partial charge in [-0.05, 0) is 50.7 Å². The first-order chi connectivity index (χ1) is 9.76. The van der Waals surface area contributed by atoms with Crippen molar-refractivity contribution in [2.45, 2.75) is 71.3 Å². The third-order valence-corrected chi connectivity index (χ3v) is 6.02. The number of nitrogens with one attached hydrogen (secondary N) is 1. The molecule has 1 nitrogen and oxygen atoms in total. The Bertz CT molecular complexity index is 475. The van der Waals surface area contributed by atoms with Crippen LogP contribution in [0.4, 0.5) is 0 Å². The van der Waals surface area contributed by atoms with Gasteiger partial charge in [0.05, 0.1) is 0 Å². The lowest BCUT2D eigenvalue weighted by Gasteiger charge is -2.58. The molecule has 1 aliphatic carbocycles. The summed E-state index contributed by atoms with van der Waals surface area (Å²) in [6.45, 7) is 12.5. The monoisotopic (exact) mass is 351 g/mol. The number of benzene rings is 1. The summed E-state index contributed by atoms with van der Waals surface area (Å²) in [5.74, 6) is 0. The topological polar surface area (TPSA) is 12.0 Å². The Labute approximate surface area is 139 Å². The summed E-state index contributed by atoms with van der Waals surface area (Å²) in [6.07, 6.45) is 5.20. The van der Waals surface area contributed by atoms with Crippen LogP contribution in [-0.4, -0.2) is 12.1 Å². The van der Waals surface area contributed by atoms with Crippen molar-refractivity contribution in [3.63, 3.8) is 0 Å². The van der Waals surface area contributed by atoms with Crippen molar-refractivity contribution in [1.82, 2.24) is 5.32 Å². The van der Waals surface area contributed by atoms with Crippen molar-refractivity contribution in [2.24, 2.45) is 5.41 Å². The first-order valence-corrected chi connectivity index (χ1v) is 9.05. The second-order valence-corrected chi connectivity index (χ2v) is 8.78. The Morgan fingerprint density at radius 3 is 2.14 bits per heavy atom. The summed E-state index contributed by atoms with van der Waals surface area (Å²) >= 11 is 3.78. The van der Waals surface area contributed by atoms with Gasteiger partial charge in [0.1, 0.15) is 0 Å². The summed E-state index contributed by atoms with van der Waals surface area (Å²) in [6, 6.07) is 8.79. The maximum Gasteiger partial charge on any atom is 0.0213 e. The lowest BCUT2D eigenvalue weighted by Crippen LogP contribution is -2.57. The van der Waals surface area contributed by atoms with Crippen LogP contribution in [0.1, 0.15) is 65.9 Å². The molecule has 0 amide bonds. The van der Waals surface area contributed by atoms with Crippen molar-refractivity contribution in [3.05, 3.63) is 34.3 Å². The van der Waals surface area contributed by atoms with Gasteiger partial charge in [-0.25, -0.2) is 0 Å². The van der Waals surface area contributed by atoms with E-state index in [0.29, 0.717) is 10.8 Å². The SMILES string of the molecule is CCC1(CC)CC(CNC(C)(C)C)(c2ccccc2Br)C1. The third kappa shape index (κ3) is 3.53. The average Bonchev–Trinajstić information content (AvgIpc) is 2.39. The average molecular weight is 352 g/mol. The number of halogens is 1. The van der Waals surface area contributed by atoms with Gasteiger partial charge >= 0.3 is 0 Å². The Morgan fingerprint density at radius 1 is 1.10 bits per heavy atom. The number of hydrogen-bond acceptors (Lipinski definition) is 1. The molecule has 0 bridgehead atoms. The van der Waals surface area contributed by atoms with Crippen LogP contribution in [0.25, 0.3) is 0 Å². The summed E-state index contributed by atoms with van der Waals surface area (Å²) in [5, 5.41) is 3.76. The molecule has 1 aromatic rings. The van der Waals surface area contributed by atoms with Gasteiger partial charge in [0.2, 0.25) is 0 Å². The molecule has 1 fully saturated rings. The molecular formula is C19H30BrN. The van der Waals surface area contributed by atoms with E-state index in [-0.39, 0.29) is 5.54 Å². The molecule has 1 saturated carbocycles. The third-order valence-electron chi connectivity index (χ3n) is 5.33. The van der Waals surface area contributed by atoms with Crippen molar-refractivity contribution in [3.8, 4) is 0 Å². The van der Waals surface area contributed by atoms with E-state index in [1.54, 1.807) is 0 Å². The number of hydrogen-bond donors (Lipinski definition) is 1. The van der Waals surface area contributed by atoms with E-state index in [1.807, 2.05) is 0 Å². The Balaban J connectivity index is 2.27. The lowest BCUT2D eigenvalue weighted by atomic mass is 9.48. The summed E-state index contributed by atoms with van der Waals surface area (Å²) < 4.78 is 1.27. The molecule has 2 rings (SSSR count). The summed E-state index contributed by atoms with van der Waals surface area (Å²) in [7, 11) is 0. The van der Waals surface area contributed by atoms with Crippen LogP contribution in [-0.2, 0) is 5.41 Å². The van der Waals surface area contributed by atoms with Crippen molar-refractivity contribution in [2.75, 3.05) is 6.54 Å². The minimum Gasteiger partial charge on any atom is -0.311 e. The molecule has 1 aliphatic rings. The van der Waals surface area contributed by atoms with Gasteiger partial charge in [0.25, 0.3) is 0 Å². The molecule has 0 unspecified atom stereocenters. The van der Waals surface area contributed by atoms with E-state index in [2.05, 4.69) is 80.1 Å². The normalized spacial score (nSPS) is 20.1. The highest BCUT2D eigenvalue weighted by Gasteiger charge is 2.53. The molecule has 1 aromatic carbocycles. The van der Waals surface area contributed by atoms with Crippen LogP contribution in [0.5, 0.6) is 0 Å². The minimum absolute atomic E-state index is 0.172. The zero-order valence-electron chi connectivity index (χ0n) is 14.2. The van der Waals surface area contributed by atoms with Crippen LogP contribution in [0, 0.1) is 5.41 Å². The molecule has 0 heterocycles. The van der Waals surface area contributed by atoms with E-state index in [4.69, 9.17) is 0 Å². The first kappa shape index (κ1) is 17.0. The zero-order chi connectivity index (χ0) is 15.7. The Hall–Kier alpha value is -0.340. The van der Waals surface area contributed by atoms with E-state index >= 15 is 0 Å². The highest BCUT2D eigenvalue weighted by atomic mass is 79.9. The van der Waals surface area contributed by atoms with Crippen LogP contribution in [0.15, 0.2) is 28.7 Å². The molecule has 0 saturated heterocycles. The molecule has 1 N–H and O–H groups in total. The number of rotatable bonds is 5. The highest BCUT2D eigenvalue weighted by Crippen LogP contribution is 2.60. The molecule has 0 spiro atoms. The summed E-state index contributed by atoms with van der Waals surface area (Å²) in [5.41, 5.74) is 2.50. The van der Waals surface area contributed by atoms with Gasteiger partial charge < -0.3 is 5.32 Å².